The Bertz CT molecular complexity index is 213. The van der Waals surface area contributed by atoms with Crippen LogP contribution in [0.2, 0.25) is 0 Å². The molecule has 0 saturated heterocycles. The van der Waals surface area contributed by atoms with Crippen molar-refractivity contribution in [1.82, 2.24) is 0 Å². The van der Waals surface area contributed by atoms with Crippen molar-refractivity contribution in [2.45, 2.75) is 0 Å². The van der Waals surface area contributed by atoms with Gasteiger partial charge in [-0.05, 0) is 30.4 Å². The molecular formula is C5Fe2KN5O5. The Balaban J connectivity index is -0.0000000111. The summed E-state index contributed by atoms with van der Waals surface area (Å²) in [6, 6.07) is 0. The van der Waals surface area contributed by atoms with Gasteiger partial charge in [-0.25, -0.2) is 0 Å². The van der Waals surface area contributed by atoms with E-state index in [1.807, 2.05) is 0 Å². The molecule has 0 saturated carbocycles. The SMILES string of the molecule is [Fe+2].[Fe+2].[K+].[N-]=C=O.[N-]=C=O.[N-]=C=O.[N-]=C=O.[N-]=C=O. The first-order valence-corrected chi connectivity index (χ1v) is 2.14. The summed E-state index contributed by atoms with van der Waals surface area (Å²) in [6.07, 6.45) is 2.50. The fraction of sp³-hybridized carbons (Fsp3) is 0. The summed E-state index contributed by atoms with van der Waals surface area (Å²) >= 11 is 0. The number of carbonyl (C=O) groups excluding carboxylic acids is 5. The van der Waals surface area contributed by atoms with Gasteiger partial charge in [-0.15, -0.1) is 0 Å². The molecule has 13 heteroatoms. The van der Waals surface area contributed by atoms with Crippen LogP contribution in [0.1, 0.15) is 0 Å². The van der Waals surface area contributed by atoms with Crippen LogP contribution in [-0.2, 0) is 58.1 Å². The maximum absolute atomic E-state index is 8.24. The molecule has 0 aromatic rings. The van der Waals surface area contributed by atoms with Crippen LogP contribution in [0.25, 0.3) is 27.0 Å². The molecule has 0 aromatic carbocycles. The van der Waals surface area contributed by atoms with Gasteiger partial charge in [0.05, 0.1) is 0 Å². The molecule has 0 aliphatic heterocycles. The summed E-state index contributed by atoms with van der Waals surface area (Å²) in [5.74, 6) is 0. The second kappa shape index (κ2) is 192. The maximum Gasteiger partial charge on any atom is 2.00 e. The van der Waals surface area contributed by atoms with E-state index in [4.69, 9.17) is 51.0 Å². The summed E-state index contributed by atoms with van der Waals surface area (Å²) in [7, 11) is 0. The zero-order chi connectivity index (χ0) is 13.5. The van der Waals surface area contributed by atoms with E-state index in [0.717, 1.165) is 0 Å². The van der Waals surface area contributed by atoms with E-state index in [9.17, 15) is 0 Å². The Hall–Kier alpha value is -0.425. The van der Waals surface area contributed by atoms with Crippen LogP contribution in [0.4, 0.5) is 0 Å². The van der Waals surface area contributed by atoms with Crippen molar-refractivity contribution < 1.29 is 109 Å². The quantitative estimate of drug-likeness (QED) is 0.244. The van der Waals surface area contributed by atoms with Crippen LogP contribution in [-0.4, -0.2) is 30.4 Å². The second-order valence-electron chi connectivity index (χ2n) is 0.456. The minimum Gasteiger partial charge on any atom is -0.724 e. The largest absolute Gasteiger partial charge is 2.00 e. The van der Waals surface area contributed by atoms with Crippen LogP contribution in [0.5, 0.6) is 0 Å². The average molecular weight is 361 g/mol. The predicted octanol–water partition coefficient (Wildman–Crippen LogP) is -3.54. The van der Waals surface area contributed by atoms with Gasteiger partial charge < -0.3 is 27.0 Å². The van der Waals surface area contributed by atoms with Gasteiger partial charge in [0, 0.05) is 0 Å². The first kappa shape index (κ1) is 52.7. The molecule has 0 fully saturated rings. The molecule has 0 N–H and O–H groups in total. The number of rotatable bonds is 0. The van der Waals surface area contributed by atoms with Crippen molar-refractivity contribution in [3.63, 3.8) is 0 Å². The zero-order valence-corrected chi connectivity index (χ0v) is 13.8. The number of hydrogen-bond donors (Lipinski definition) is 0. The van der Waals surface area contributed by atoms with Crippen LogP contribution in [0.15, 0.2) is 0 Å². The number of hydrogen-bond acceptors (Lipinski definition) is 5. The van der Waals surface area contributed by atoms with Crippen molar-refractivity contribution in [1.29, 1.82) is 0 Å². The van der Waals surface area contributed by atoms with Gasteiger partial charge in [0.2, 0.25) is 0 Å². The van der Waals surface area contributed by atoms with E-state index in [1.54, 1.807) is 0 Å². The van der Waals surface area contributed by atoms with E-state index in [0.29, 0.717) is 30.4 Å². The first-order chi connectivity index (χ1) is 7.07. The molecule has 0 aliphatic rings. The smallest absolute Gasteiger partial charge is 0.724 e. The molecule has 92 valence electrons. The summed E-state index contributed by atoms with van der Waals surface area (Å²) in [5.41, 5.74) is 0. The Morgan fingerprint density at radius 1 is 0.444 bits per heavy atom. The first-order valence-electron chi connectivity index (χ1n) is 2.14. The van der Waals surface area contributed by atoms with Gasteiger partial charge in [0.15, 0.2) is 0 Å². The summed E-state index contributed by atoms with van der Waals surface area (Å²) in [5, 5.41) is 33.8. The molecule has 0 atom stereocenters. The van der Waals surface area contributed by atoms with Gasteiger partial charge in [0.1, 0.15) is 0 Å². The summed E-state index contributed by atoms with van der Waals surface area (Å²) in [4.78, 5) is 41.2. The van der Waals surface area contributed by atoms with Crippen LogP contribution in [0, 0.1) is 0 Å². The van der Waals surface area contributed by atoms with Crippen molar-refractivity contribution in [3.8, 4) is 0 Å². The van der Waals surface area contributed by atoms with Crippen LogP contribution in [0.3, 0.4) is 0 Å². The molecule has 0 bridgehead atoms. The zero-order valence-electron chi connectivity index (χ0n) is 8.48. The fourth-order valence-corrected chi connectivity index (χ4v) is 0. The third-order valence-corrected chi connectivity index (χ3v) is 0. The normalized spacial score (nSPS) is 2.22. The van der Waals surface area contributed by atoms with Crippen molar-refractivity contribution in [3.05, 3.63) is 27.0 Å². The predicted molar refractivity (Wildman–Crippen MR) is 45.3 cm³/mol. The average Bonchev–Trinajstić information content (AvgIpc) is 2.09. The van der Waals surface area contributed by atoms with Gasteiger partial charge in [-0.3, -0.25) is 24.0 Å². The van der Waals surface area contributed by atoms with Crippen LogP contribution < -0.4 is 51.4 Å². The van der Waals surface area contributed by atoms with Gasteiger partial charge in [-0.2, -0.15) is 0 Å². The molecule has 0 radical (unpaired) electrons. The minimum absolute atomic E-state index is 0. The third kappa shape index (κ3) is 18300. The maximum atomic E-state index is 8.24. The molecule has 0 aromatic heterocycles. The summed E-state index contributed by atoms with van der Waals surface area (Å²) < 4.78 is 0. The van der Waals surface area contributed by atoms with E-state index in [2.05, 4.69) is 0 Å². The Labute approximate surface area is 165 Å². The van der Waals surface area contributed by atoms with E-state index in [-0.39, 0.29) is 85.5 Å². The molecule has 0 amide bonds. The molecule has 0 spiro atoms. The van der Waals surface area contributed by atoms with Gasteiger partial charge >= 0.3 is 85.5 Å². The Morgan fingerprint density at radius 3 is 0.444 bits per heavy atom. The number of isocyanates is 5. The second-order valence-corrected chi connectivity index (χ2v) is 0.456. The minimum atomic E-state index is 0. The molecule has 18 heavy (non-hydrogen) atoms. The number of nitrogens with zero attached hydrogens (tertiary/aromatic N) is 5. The summed E-state index contributed by atoms with van der Waals surface area (Å²) in [6.45, 7) is 0. The Kier molecular flexibility index (Phi) is 562. The van der Waals surface area contributed by atoms with Crippen molar-refractivity contribution in [2.24, 2.45) is 0 Å². The third-order valence-electron chi connectivity index (χ3n) is 0. The molecule has 0 rings (SSSR count). The Morgan fingerprint density at radius 2 is 0.444 bits per heavy atom. The van der Waals surface area contributed by atoms with E-state index < -0.39 is 0 Å². The molecular weight excluding hydrogens is 361 g/mol. The van der Waals surface area contributed by atoms with Crippen LogP contribution >= 0.6 is 0 Å². The molecule has 0 unspecified atom stereocenters. The van der Waals surface area contributed by atoms with Crippen molar-refractivity contribution in [2.75, 3.05) is 0 Å². The van der Waals surface area contributed by atoms with E-state index in [1.165, 1.54) is 0 Å². The van der Waals surface area contributed by atoms with Gasteiger partial charge in [0.25, 0.3) is 0 Å². The monoisotopic (exact) mass is 361 g/mol. The molecule has 10 nitrogen and oxygen atoms in total. The van der Waals surface area contributed by atoms with E-state index >= 15 is 0 Å². The van der Waals surface area contributed by atoms with Gasteiger partial charge in [-0.1, -0.05) is 0 Å². The topological polar surface area (TPSA) is 197 Å². The fourth-order valence-electron chi connectivity index (χ4n) is 0. The standard InChI is InChI=1S/5CNO.2Fe.K/c5*2-1-3;;;/q5*-1;2*+2;+1. The van der Waals surface area contributed by atoms with Crippen molar-refractivity contribution >= 4 is 30.4 Å². The molecule has 0 aliphatic carbocycles. The molecule has 0 heterocycles.